The van der Waals surface area contributed by atoms with Crippen molar-refractivity contribution < 1.29 is 4.92 Å². The van der Waals surface area contributed by atoms with E-state index in [1.165, 1.54) is 6.07 Å². The molecule has 0 aliphatic heterocycles. The van der Waals surface area contributed by atoms with E-state index in [1.807, 2.05) is 10.8 Å². The minimum atomic E-state index is -0.368. The number of aryl methyl sites for hydroxylation is 1. The highest BCUT2D eigenvalue weighted by atomic mass is 16.6. The normalized spacial score (nSPS) is 10.9. The minimum absolute atomic E-state index is 0.0910. The first-order valence-corrected chi connectivity index (χ1v) is 6.76. The molecule has 6 heteroatoms. The van der Waals surface area contributed by atoms with E-state index >= 15 is 0 Å². The Kier molecular flexibility index (Phi) is 3.35. The summed E-state index contributed by atoms with van der Waals surface area (Å²) in [4.78, 5) is 19.2. The molecule has 1 aromatic carbocycles. The Labute approximate surface area is 121 Å². The van der Waals surface area contributed by atoms with Crippen LogP contribution in [-0.4, -0.2) is 19.5 Å². The van der Waals surface area contributed by atoms with Gasteiger partial charge in [0.1, 0.15) is 5.82 Å². The number of benzene rings is 1. The number of rotatable bonds is 4. The van der Waals surface area contributed by atoms with E-state index in [-0.39, 0.29) is 10.6 Å². The third-order valence-electron chi connectivity index (χ3n) is 3.42. The van der Waals surface area contributed by atoms with Crippen LogP contribution in [0.2, 0.25) is 0 Å². The van der Waals surface area contributed by atoms with Crippen molar-refractivity contribution in [2.45, 2.75) is 19.8 Å². The highest BCUT2D eigenvalue weighted by molar-refractivity contribution is 5.96. The zero-order valence-corrected chi connectivity index (χ0v) is 11.6. The van der Waals surface area contributed by atoms with Crippen LogP contribution in [-0.2, 0) is 6.42 Å². The highest BCUT2D eigenvalue weighted by Crippen LogP contribution is 2.30. The van der Waals surface area contributed by atoms with Gasteiger partial charge in [0.05, 0.1) is 16.0 Å². The van der Waals surface area contributed by atoms with E-state index in [1.54, 1.807) is 30.7 Å². The molecular weight excluding hydrogens is 268 g/mol. The van der Waals surface area contributed by atoms with E-state index in [2.05, 4.69) is 16.9 Å². The molecular formula is C15H14N4O2. The predicted octanol–water partition coefficient (Wildman–Crippen LogP) is 3.28. The first-order valence-electron chi connectivity index (χ1n) is 6.76. The lowest BCUT2D eigenvalue weighted by Gasteiger charge is -2.10. The fraction of sp³-hybridized carbons (Fsp3) is 0.200. The van der Waals surface area contributed by atoms with Gasteiger partial charge in [-0.05, 0) is 18.6 Å². The number of non-ortho nitro benzene ring substituents is 1. The van der Waals surface area contributed by atoms with Crippen molar-refractivity contribution in [1.29, 1.82) is 0 Å². The number of nitro groups is 1. The highest BCUT2D eigenvalue weighted by Gasteiger charge is 2.16. The number of nitro benzene ring substituents is 1. The minimum Gasteiger partial charge on any atom is -0.303 e. The van der Waals surface area contributed by atoms with E-state index in [9.17, 15) is 10.1 Å². The summed E-state index contributed by atoms with van der Waals surface area (Å²) < 4.78 is 1.97. The first-order chi connectivity index (χ1) is 10.2. The Morgan fingerprint density at radius 1 is 1.24 bits per heavy atom. The van der Waals surface area contributed by atoms with Gasteiger partial charge >= 0.3 is 0 Å². The summed E-state index contributed by atoms with van der Waals surface area (Å²) in [7, 11) is 0. The Morgan fingerprint density at radius 2 is 2.10 bits per heavy atom. The summed E-state index contributed by atoms with van der Waals surface area (Å²) in [6.07, 6.45) is 8.69. The average molecular weight is 282 g/mol. The summed E-state index contributed by atoms with van der Waals surface area (Å²) in [5.41, 5.74) is 0.956. The van der Waals surface area contributed by atoms with Crippen LogP contribution in [0.25, 0.3) is 16.5 Å². The fourth-order valence-electron chi connectivity index (χ4n) is 2.49. The number of fused-ring (bicyclic) bond motifs is 1. The van der Waals surface area contributed by atoms with Gasteiger partial charge in [-0.25, -0.2) is 4.98 Å². The first kappa shape index (κ1) is 13.2. The molecule has 2 aromatic heterocycles. The van der Waals surface area contributed by atoms with Gasteiger partial charge < -0.3 is 4.57 Å². The van der Waals surface area contributed by atoms with Gasteiger partial charge in [-0.2, -0.15) is 0 Å². The Balaban J connectivity index is 2.27. The quantitative estimate of drug-likeness (QED) is 0.543. The van der Waals surface area contributed by atoms with Gasteiger partial charge in [0.15, 0.2) is 0 Å². The van der Waals surface area contributed by atoms with E-state index in [0.717, 1.165) is 29.7 Å². The number of imidazole rings is 1. The monoisotopic (exact) mass is 282 g/mol. The van der Waals surface area contributed by atoms with Gasteiger partial charge in [0, 0.05) is 42.7 Å². The topological polar surface area (TPSA) is 73.8 Å². The van der Waals surface area contributed by atoms with Gasteiger partial charge in [-0.3, -0.25) is 15.1 Å². The molecule has 0 fully saturated rings. The third kappa shape index (κ3) is 2.24. The number of nitrogens with zero attached hydrogens (tertiary/aromatic N) is 4. The standard InChI is InChI=1S/C15H14N4O2/c1-2-3-15-17-8-9-18(15)13-4-5-14(19(20)21)11-6-7-16-10-12(11)13/h4-10H,2-3H2,1H3. The molecule has 6 nitrogen and oxygen atoms in total. The molecule has 0 atom stereocenters. The summed E-state index contributed by atoms with van der Waals surface area (Å²) in [6, 6.07) is 4.96. The molecule has 3 aromatic rings. The third-order valence-corrected chi connectivity index (χ3v) is 3.42. The summed E-state index contributed by atoms with van der Waals surface area (Å²) in [5, 5.41) is 12.5. The van der Waals surface area contributed by atoms with Crippen LogP contribution in [0.15, 0.2) is 43.0 Å². The Hall–Kier alpha value is -2.76. The zero-order valence-electron chi connectivity index (χ0n) is 11.6. The molecule has 0 amide bonds. The SMILES string of the molecule is CCCc1nccn1-c1ccc([N+](=O)[O-])c2ccncc12. The Morgan fingerprint density at radius 3 is 2.86 bits per heavy atom. The van der Waals surface area contributed by atoms with Crippen LogP contribution in [0.3, 0.4) is 0 Å². The number of hydrogen-bond donors (Lipinski definition) is 0. The van der Waals surface area contributed by atoms with E-state index in [4.69, 9.17) is 0 Å². The molecule has 0 N–H and O–H groups in total. The second kappa shape index (κ2) is 5.32. The van der Waals surface area contributed by atoms with Crippen molar-refractivity contribution in [2.24, 2.45) is 0 Å². The van der Waals surface area contributed by atoms with Crippen molar-refractivity contribution in [2.75, 3.05) is 0 Å². The molecule has 0 saturated carbocycles. The lowest BCUT2D eigenvalue weighted by atomic mass is 10.1. The van der Waals surface area contributed by atoms with Gasteiger partial charge in [-0.1, -0.05) is 6.92 Å². The van der Waals surface area contributed by atoms with Crippen LogP contribution in [0, 0.1) is 10.1 Å². The van der Waals surface area contributed by atoms with Gasteiger partial charge in [-0.15, -0.1) is 0 Å². The van der Waals surface area contributed by atoms with Crippen molar-refractivity contribution in [3.8, 4) is 5.69 Å². The number of hydrogen-bond acceptors (Lipinski definition) is 4. The van der Waals surface area contributed by atoms with Crippen molar-refractivity contribution in [3.63, 3.8) is 0 Å². The molecule has 0 bridgehead atoms. The summed E-state index contributed by atoms with van der Waals surface area (Å²) in [6.45, 7) is 2.09. The molecule has 21 heavy (non-hydrogen) atoms. The molecule has 0 aliphatic carbocycles. The number of pyridine rings is 1. The second-order valence-electron chi connectivity index (χ2n) is 4.75. The molecule has 0 aliphatic rings. The van der Waals surface area contributed by atoms with Gasteiger partial charge in [0.25, 0.3) is 5.69 Å². The van der Waals surface area contributed by atoms with Crippen LogP contribution in [0.5, 0.6) is 0 Å². The van der Waals surface area contributed by atoms with Crippen LogP contribution in [0.1, 0.15) is 19.2 Å². The maximum absolute atomic E-state index is 11.1. The largest absolute Gasteiger partial charge is 0.303 e. The van der Waals surface area contributed by atoms with Crippen LogP contribution < -0.4 is 0 Å². The lowest BCUT2D eigenvalue weighted by molar-refractivity contribution is -0.383. The zero-order chi connectivity index (χ0) is 14.8. The second-order valence-corrected chi connectivity index (χ2v) is 4.75. The average Bonchev–Trinajstić information content (AvgIpc) is 2.94. The summed E-state index contributed by atoms with van der Waals surface area (Å²) >= 11 is 0. The molecule has 0 saturated heterocycles. The molecule has 0 radical (unpaired) electrons. The van der Waals surface area contributed by atoms with Gasteiger partial charge in [0.2, 0.25) is 0 Å². The lowest BCUT2D eigenvalue weighted by Crippen LogP contribution is -2.02. The maximum atomic E-state index is 11.1. The molecule has 0 unspecified atom stereocenters. The van der Waals surface area contributed by atoms with Crippen LogP contribution in [0.4, 0.5) is 5.69 Å². The van der Waals surface area contributed by atoms with Crippen molar-refractivity contribution in [1.82, 2.24) is 14.5 Å². The van der Waals surface area contributed by atoms with E-state index in [0.29, 0.717) is 5.39 Å². The van der Waals surface area contributed by atoms with Crippen LogP contribution >= 0.6 is 0 Å². The summed E-state index contributed by atoms with van der Waals surface area (Å²) in [5.74, 6) is 0.941. The predicted molar refractivity (Wildman–Crippen MR) is 79.5 cm³/mol. The maximum Gasteiger partial charge on any atom is 0.277 e. The molecule has 3 rings (SSSR count). The molecule has 2 heterocycles. The number of aromatic nitrogens is 3. The molecule has 0 spiro atoms. The fourth-order valence-corrected chi connectivity index (χ4v) is 2.49. The van der Waals surface area contributed by atoms with E-state index < -0.39 is 0 Å². The van der Waals surface area contributed by atoms with Crippen molar-refractivity contribution in [3.05, 3.63) is 58.9 Å². The van der Waals surface area contributed by atoms with Crippen molar-refractivity contribution >= 4 is 16.5 Å². The Bertz CT molecular complexity index is 810. The molecule has 106 valence electrons. The smallest absolute Gasteiger partial charge is 0.277 e.